The number of nitrogens with one attached hydrogen (secondary N) is 1. The quantitative estimate of drug-likeness (QED) is 0.891. The smallest absolute Gasteiger partial charge is 0.246 e. The molecule has 1 fully saturated rings. The predicted octanol–water partition coefficient (Wildman–Crippen LogP) is 0.923. The van der Waals surface area contributed by atoms with Gasteiger partial charge in [-0.2, -0.15) is 4.31 Å². The first-order valence-corrected chi connectivity index (χ1v) is 7.78. The molecule has 1 aromatic rings. The Hall–Kier alpha value is -1.18. The first-order valence-electron chi connectivity index (χ1n) is 6.34. The Labute approximate surface area is 113 Å². The molecule has 6 nitrogen and oxygen atoms in total. The average Bonchev–Trinajstić information content (AvgIpc) is 2.47. The van der Waals surface area contributed by atoms with Crippen LogP contribution in [0.2, 0.25) is 0 Å². The third-order valence-corrected chi connectivity index (χ3v) is 5.08. The first kappa shape index (κ1) is 14.2. The summed E-state index contributed by atoms with van der Waals surface area (Å²) in [6.45, 7) is 3.21. The Morgan fingerprint density at radius 3 is 3.05 bits per heavy atom. The molecule has 0 aromatic carbocycles. The van der Waals surface area contributed by atoms with Gasteiger partial charge in [-0.15, -0.1) is 0 Å². The number of hydrogen-bond acceptors (Lipinski definition) is 5. The monoisotopic (exact) mass is 285 g/mol. The minimum atomic E-state index is -3.52. The maximum absolute atomic E-state index is 12.6. The highest BCUT2D eigenvalue weighted by Gasteiger charge is 2.31. The third-order valence-electron chi connectivity index (χ3n) is 3.18. The summed E-state index contributed by atoms with van der Waals surface area (Å²) < 4.78 is 32.2. The van der Waals surface area contributed by atoms with Crippen molar-refractivity contribution in [2.24, 2.45) is 0 Å². The van der Waals surface area contributed by atoms with Gasteiger partial charge in [-0.05, 0) is 18.6 Å². The topological polar surface area (TPSA) is 71.5 Å². The molecule has 2 heterocycles. The lowest BCUT2D eigenvalue weighted by molar-refractivity contribution is -0.00277. The van der Waals surface area contributed by atoms with Crippen LogP contribution >= 0.6 is 0 Å². The SMILES string of the molecule is CCC1CN(S(=O)(=O)c2cccnc2NC)CCO1. The molecule has 19 heavy (non-hydrogen) atoms. The van der Waals surface area contributed by atoms with E-state index < -0.39 is 10.0 Å². The van der Waals surface area contributed by atoms with Crippen LogP contribution in [-0.2, 0) is 14.8 Å². The molecule has 106 valence electrons. The Balaban J connectivity index is 2.31. The molecular weight excluding hydrogens is 266 g/mol. The standard InChI is InChI=1S/C12H19N3O3S/c1-3-10-9-15(7-8-18-10)19(16,17)11-5-4-6-14-12(11)13-2/h4-6,10H,3,7-9H2,1-2H3,(H,13,14). The van der Waals surface area contributed by atoms with Crippen molar-refractivity contribution < 1.29 is 13.2 Å². The van der Waals surface area contributed by atoms with Gasteiger partial charge in [0.2, 0.25) is 10.0 Å². The van der Waals surface area contributed by atoms with Gasteiger partial charge in [0, 0.05) is 26.3 Å². The van der Waals surface area contributed by atoms with Gasteiger partial charge in [0.1, 0.15) is 10.7 Å². The normalized spacial score (nSPS) is 21.3. The summed E-state index contributed by atoms with van der Waals surface area (Å²) in [6.07, 6.45) is 2.34. The molecule has 1 aliphatic rings. The summed E-state index contributed by atoms with van der Waals surface area (Å²) in [6, 6.07) is 3.20. The molecule has 1 N–H and O–H groups in total. The fraction of sp³-hybridized carbons (Fsp3) is 0.583. The summed E-state index contributed by atoms with van der Waals surface area (Å²) in [5.41, 5.74) is 0. The number of nitrogens with zero attached hydrogens (tertiary/aromatic N) is 2. The van der Waals surface area contributed by atoms with Gasteiger partial charge in [0.15, 0.2) is 0 Å². The van der Waals surface area contributed by atoms with Gasteiger partial charge < -0.3 is 10.1 Å². The Bertz CT molecular complexity index is 533. The number of sulfonamides is 1. The zero-order chi connectivity index (χ0) is 13.9. The van der Waals surface area contributed by atoms with E-state index in [1.807, 2.05) is 6.92 Å². The molecule has 2 rings (SSSR count). The van der Waals surface area contributed by atoms with Gasteiger partial charge in [-0.3, -0.25) is 0 Å². The number of rotatable bonds is 4. The molecule has 1 saturated heterocycles. The fourth-order valence-corrected chi connectivity index (χ4v) is 3.69. The molecule has 0 aliphatic carbocycles. The molecule has 0 saturated carbocycles. The van der Waals surface area contributed by atoms with Gasteiger partial charge >= 0.3 is 0 Å². The van der Waals surface area contributed by atoms with Crippen LogP contribution in [0.5, 0.6) is 0 Å². The Morgan fingerprint density at radius 1 is 1.58 bits per heavy atom. The van der Waals surface area contributed by atoms with Crippen molar-refractivity contribution in [2.45, 2.75) is 24.3 Å². The van der Waals surface area contributed by atoms with E-state index in [2.05, 4.69) is 10.3 Å². The Morgan fingerprint density at radius 2 is 2.37 bits per heavy atom. The van der Waals surface area contributed by atoms with Crippen LogP contribution in [0.1, 0.15) is 13.3 Å². The van der Waals surface area contributed by atoms with Crippen LogP contribution in [0.15, 0.2) is 23.2 Å². The van der Waals surface area contributed by atoms with Crippen molar-refractivity contribution in [3.05, 3.63) is 18.3 Å². The summed E-state index contributed by atoms with van der Waals surface area (Å²) in [5, 5.41) is 2.82. The predicted molar refractivity (Wildman–Crippen MR) is 72.6 cm³/mol. The zero-order valence-electron chi connectivity index (χ0n) is 11.2. The molecule has 1 aromatic heterocycles. The summed E-state index contributed by atoms with van der Waals surface area (Å²) in [4.78, 5) is 4.27. The highest BCUT2D eigenvalue weighted by molar-refractivity contribution is 7.89. The number of morpholine rings is 1. The van der Waals surface area contributed by atoms with Crippen molar-refractivity contribution in [2.75, 3.05) is 32.1 Å². The second-order valence-electron chi connectivity index (χ2n) is 4.36. The zero-order valence-corrected chi connectivity index (χ0v) is 12.0. The largest absolute Gasteiger partial charge is 0.375 e. The Kier molecular flexibility index (Phi) is 4.38. The summed E-state index contributed by atoms with van der Waals surface area (Å²) in [5.74, 6) is 0.377. The van der Waals surface area contributed by atoms with Crippen LogP contribution in [0.25, 0.3) is 0 Å². The molecule has 1 aliphatic heterocycles. The minimum Gasteiger partial charge on any atom is -0.375 e. The van der Waals surface area contributed by atoms with E-state index in [9.17, 15) is 8.42 Å². The van der Waals surface area contributed by atoms with Gasteiger partial charge in [-0.1, -0.05) is 6.92 Å². The first-order chi connectivity index (χ1) is 9.09. The molecular formula is C12H19N3O3S. The fourth-order valence-electron chi connectivity index (χ4n) is 2.08. The van der Waals surface area contributed by atoms with Crippen LogP contribution in [0, 0.1) is 0 Å². The van der Waals surface area contributed by atoms with E-state index in [1.165, 1.54) is 4.31 Å². The highest BCUT2D eigenvalue weighted by atomic mass is 32.2. The number of pyridine rings is 1. The molecule has 1 atom stereocenters. The number of ether oxygens (including phenoxy) is 1. The number of hydrogen-bond donors (Lipinski definition) is 1. The van der Waals surface area contributed by atoms with Crippen molar-refractivity contribution in [3.8, 4) is 0 Å². The maximum atomic E-state index is 12.6. The van der Waals surface area contributed by atoms with Gasteiger partial charge in [-0.25, -0.2) is 13.4 Å². The third kappa shape index (κ3) is 2.88. The average molecular weight is 285 g/mol. The van der Waals surface area contributed by atoms with E-state index in [0.29, 0.717) is 25.5 Å². The van der Waals surface area contributed by atoms with Gasteiger partial charge in [0.25, 0.3) is 0 Å². The second-order valence-corrected chi connectivity index (χ2v) is 6.27. The highest BCUT2D eigenvalue weighted by Crippen LogP contribution is 2.24. The lowest BCUT2D eigenvalue weighted by atomic mass is 10.2. The molecule has 1 unspecified atom stereocenters. The van der Waals surface area contributed by atoms with Crippen molar-refractivity contribution in [1.29, 1.82) is 0 Å². The maximum Gasteiger partial charge on any atom is 0.246 e. The number of anilines is 1. The van der Waals surface area contributed by atoms with Crippen molar-refractivity contribution in [1.82, 2.24) is 9.29 Å². The lowest BCUT2D eigenvalue weighted by Crippen LogP contribution is -2.45. The van der Waals surface area contributed by atoms with Gasteiger partial charge in [0.05, 0.1) is 12.7 Å². The molecule has 0 amide bonds. The van der Waals surface area contributed by atoms with E-state index >= 15 is 0 Å². The van der Waals surface area contributed by atoms with E-state index in [0.717, 1.165) is 6.42 Å². The van der Waals surface area contributed by atoms with Crippen molar-refractivity contribution in [3.63, 3.8) is 0 Å². The number of aromatic nitrogens is 1. The lowest BCUT2D eigenvalue weighted by Gasteiger charge is -2.31. The molecule has 0 bridgehead atoms. The van der Waals surface area contributed by atoms with E-state index in [4.69, 9.17) is 4.74 Å². The summed E-state index contributed by atoms with van der Waals surface area (Å²) >= 11 is 0. The van der Waals surface area contributed by atoms with Crippen molar-refractivity contribution >= 4 is 15.8 Å². The van der Waals surface area contributed by atoms with E-state index in [1.54, 1.807) is 25.4 Å². The second kappa shape index (κ2) is 5.85. The van der Waals surface area contributed by atoms with Crippen LogP contribution < -0.4 is 5.32 Å². The van der Waals surface area contributed by atoms with Crippen LogP contribution in [0.3, 0.4) is 0 Å². The molecule has 0 spiro atoms. The van der Waals surface area contributed by atoms with E-state index in [-0.39, 0.29) is 11.0 Å². The molecule has 7 heteroatoms. The van der Waals surface area contributed by atoms with Crippen LogP contribution in [0.4, 0.5) is 5.82 Å². The minimum absolute atomic E-state index is 0.0294. The van der Waals surface area contributed by atoms with Crippen LogP contribution in [-0.4, -0.2) is 50.6 Å². The summed E-state index contributed by atoms with van der Waals surface area (Å²) in [7, 11) is -1.86. The molecule has 0 radical (unpaired) electrons.